The van der Waals surface area contributed by atoms with Gasteiger partial charge in [0.05, 0.1) is 18.6 Å². The molecule has 0 spiro atoms. The largest absolute Gasteiger partial charge is 0.448 e. The molecule has 4 atom stereocenters. The van der Waals surface area contributed by atoms with Crippen molar-refractivity contribution in [3.63, 3.8) is 0 Å². The van der Waals surface area contributed by atoms with Crippen LogP contribution in [0.4, 0.5) is 25.0 Å². The van der Waals surface area contributed by atoms with Crippen molar-refractivity contribution in [1.82, 2.24) is 10.2 Å². The first-order valence-electron chi connectivity index (χ1n) is 12.1. The minimum atomic E-state index is -0.303. The molecule has 1 amide bonds. The Labute approximate surface area is 193 Å². The van der Waals surface area contributed by atoms with Crippen LogP contribution in [0, 0.1) is 11.6 Å². The van der Waals surface area contributed by atoms with Gasteiger partial charge in [-0.25, -0.2) is 13.6 Å². The summed E-state index contributed by atoms with van der Waals surface area (Å²) >= 11 is 0. The molecule has 2 aromatic rings. The highest BCUT2D eigenvalue weighted by molar-refractivity contribution is 5.75. The molecule has 1 N–H and O–H groups in total. The Morgan fingerprint density at radius 1 is 1.06 bits per heavy atom. The molecule has 2 aromatic carbocycles. The molecular weight excluding hydrogens is 424 g/mol. The number of nitrogens with one attached hydrogen (secondary N) is 1. The summed E-state index contributed by atoms with van der Waals surface area (Å²) < 4.78 is 33.5. The van der Waals surface area contributed by atoms with Crippen molar-refractivity contribution in [2.75, 3.05) is 24.6 Å². The summed E-state index contributed by atoms with van der Waals surface area (Å²) in [4.78, 5) is 16.5. The third kappa shape index (κ3) is 4.07. The molecule has 0 aromatic heterocycles. The highest BCUT2D eigenvalue weighted by Gasteiger charge is 2.52. The maximum atomic E-state index is 14.5. The van der Waals surface area contributed by atoms with Gasteiger partial charge in [-0.2, -0.15) is 0 Å². The van der Waals surface area contributed by atoms with E-state index in [1.54, 1.807) is 23.1 Å². The smallest absolute Gasteiger partial charge is 0.410 e. The number of nitrogens with zero attached hydrogens (tertiary/aromatic N) is 2. The number of unbranched alkanes of at least 4 members (excludes halogenated alkanes) is 3. The van der Waals surface area contributed by atoms with E-state index in [1.807, 2.05) is 6.07 Å². The number of rotatable bonds is 7. The SMILES string of the molecule is CCCCCCC1NCC(N2CCOC2=O)C2C1c1cc(F)ccc1N2c1ccc(F)cc1. The average molecular weight is 456 g/mol. The number of benzene rings is 2. The molecule has 5 rings (SSSR count). The van der Waals surface area contributed by atoms with E-state index in [4.69, 9.17) is 4.74 Å². The predicted molar refractivity (Wildman–Crippen MR) is 124 cm³/mol. The lowest BCUT2D eigenvalue weighted by atomic mass is 9.78. The minimum Gasteiger partial charge on any atom is -0.448 e. The molecule has 5 nitrogen and oxygen atoms in total. The standard InChI is InChI=1S/C26H31F2N3O2/c1-2-3-4-5-6-21-24-20-15-18(28)9-12-22(20)31(19-10-7-17(27)8-11-19)25(24)23(16-29-21)30-13-14-33-26(30)32/h7-12,15,21,23-25,29H,2-6,13-14,16H2,1H3. The van der Waals surface area contributed by atoms with E-state index in [0.717, 1.165) is 29.8 Å². The van der Waals surface area contributed by atoms with Gasteiger partial charge in [0, 0.05) is 29.9 Å². The highest BCUT2D eigenvalue weighted by Crippen LogP contribution is 2.51. The number of anilines is 2. The van der Waals surface area contributed by atoms with E-state index >= 15 is 0 Å². The zero-order valence-corrected chi connectivity index (χ0v) is 19.0. The summed E-state index contributed by atoms with van der Waals surface area (Å²) in [6.07, 6.45) is 5.35. The molecule has 3 heterocycles. The summed E-state index contributed by atoms with van der Waals surface area (Å²) in [6, 6.07) is 11.3. The lowest BCUT2D eigenvalue weighted by molar-refractivity contribution is 0.125. The number of hydrogen-bond acceptors (Lipinski definition) is 4. The summed E-state index contributed by atoms with van der Waals surface area (Å²) in [5, 5.41) is 3.70. The van der Waals surface area contributed by atoms with Gasteiger partial charge in [-0.3, -0.25) is 4.90 Å². The molecule has 4 unspecified atom stereocenters. The van der Waals surface area contributed by atoms with Crippen molar-refractivity contribution in [3.8, 4) is 0 Å². The third-order valence-corrected chi connectivity index (χ3v) is 7.36. The predicted octanol–water partition coefficient (Wildman–Crippen LogP) is 5.33. The normalized spacial score (nSPS) is 26.3. The monoisotopic (exact) mass is 455 g/mol. The van der Waals surface area contributed by atoms with E-state index in [1.165, 1.54) is 37.5 Å². The van der Waals surface area contributed by atoms with Crippen LogP contribution in [0.3, 0.4) is 0 Å². The first-order chi connectivity index (χ1) is 16.1. The molecule has 33 heavy (non-hydrogen) atoms. The second-order valence-electron chi connectivity index (χ2n) is 9.31. The fourth-order valence-corrected chi connectivity index (χ4v) is 5.89. The van der Waals surface area contributed by atoms with E-state index in [-0.39, 0.29) is 41.8 Å². The zero-order chi connectivity index (χ0) is 22.9. The number of hydrogen-bond donors (Lipinski definition) is 1. The first kappa shape index (κ1) is 22.1. The fourth-order valence-electron chi connectivity index (χ4n) is 5.89. The van der Waals surface area contributed by atoms with Crippen molar-refractivity contribution in [1.29, 1.82) is 0 Å². The number of fused-ring (bicyclic) bond motifs is 3. The molecule has 0 saturated carbocycles. The van der Waals surface area contributed by atoms with Crippen molar-refractivity contribution >= 4 is 17.5 Å². The van der Waals surface area contributed by atoms with Crippen LogP contribution >= 0.6 is 0 Å². The second-order valence-corrected chi connectivity index (χ2v) is 9.31. The van der Waals surface area contributed by atoms with Crippen molar-refractivity contribution < 1.29 is 18.3 Å². The van der Waals surface area contributed by atoms with Crippen molar-refractivity contribution in [3.05, 3.63) is 59.7 Å². The van der Waals surface area contributed by atoms with Gasteiger partial charge < -0.3 is 15.0 Å². The van der Waals surface area contributed by atoms with Gasteiger partial charge in [-0.15, -0.1) is 0 Å². The molecule has 3 aliphatic heterocycles. The van der Waals surface area contributed by atoms with Gasteiger partial charge in [0.25, 0.3) is 0 Å². The summed E-state index contributed by atoms with van der Waals surface area (Å²) in [7, 11) is 0. The number of ether oxygens (including phenoxy) is 1. The maximum Gasteiger partial charge on any atom is 0.410 e. The number of halogens is 2. The second kappa shape index (κ2) is 9.29. The van der Waals surface area contributed by atoms with E-state index in [9.17, 15) is 13.6 Å². The van der Waals surface area contributed by atoms with Crippen molar-refractivity contribution in [2.45, 2.75) is 63.1 Å². The quantitative estimate of drug-likeness (QED) is 0.573. The molecule has 0 aliphatic carbocycles. The minimum absolute atomic E-state index is 0.00882. The summed E-state index contributed by atoms with van der Waals surface area (Å²) in [5.74, 6) is -0.553. The molecule has 176 valence electrons. The Morgan fingerprint density at radius 3 is 2.58 bits per heavy atom. The molecule has 3 aliphatic rings. The van der Waals surface area contributed by atoms with Gasteiger partial charge in [-0.1, -0.05) is 32.6 Å². The lowest BCUT2D eigenvalue weighted by Gasteiger charge is -2.46. The fraction of sp³-hybridized carbons (Fsp3) is 0.500. The maximum absolute atomic E-state index is 14.5. The van der Waals surface area contributed by atoms with Gasteiger partial charge in [0.2, 0.25) is 0 Å². The van der Waals surface area contributed by atoms with E-state index in [2.05, 4.69) is 17.1 Å². The van der Waals surface area contributed by atoms with Crippen LogP contribution in [0.1, 0.15) is 50.5 Å². The number of amides is 1. The van der Waals surface area contributed by atoms with Crippen LogP contribution in [0.2, 0.25) is 0 Å². The van der Waals surface area contributed by atoms with Crippen LogP contribution in [0.5, 0.6) is 0 Å². The average Bonchev–Trinajstić information content (AvgIpc) is 3.39. The number of carbonyl (C=O) groups excluding carboxylic acids is 1. The van der Waals surface area contributed by atoms with Gasteiger partial charge in [0.1, 0.15) is 18.2 Å². The third-order valence-electron chi connectivity index (χ3n) is 7.36. The van der Waals surface area contributed by atoms with Crippen LogP contribution in [-0.2, 0) is 4.74 Å². The Balaban J connectivity index is 1.57. The highest BCUT2D eigenvalue weighted by atomic mass is 19.1. The number of cyclic esters (lactones) is 1. The first-order valence-corrected chi connectivity index (χ1v) is 12.1. The zero-order valence-electron chi connectivity index (χ0n) is 19.0. The molecule has 2 saturated heterocycles. The Bertz CT molecular complexity index is 1000. The summed E-state index contributed by atoms with van der Waals surface area (Å²) in [6.45, 7) is 3.76. The molecule has 0 radical (unpaired) electrons. The topological polar surface area (TPSA) is 44.8 Å². The van der Waals surface area contributed by atoms with Crippen LogP contribution < -0.4 is 10.2 Å². The van der Waals surface area contributed by atoms with E-state index < -0.39 is 0 Å². The van der Waals surface area contributed by atoms with Crippen LogP contribution in [0.15, 0.2) is 42.5 Å². The molecule has 0 bridgehead atoms. The molecule has 7 heteroatoms. The number of carbonyl (C=O) groups is 1. The number of piperidine rings is 1. The van der Waals surface area contributed by atoms with Gasteiger partial charge in [-0.05, 0) is 54.4 Å². The molecule has 2 fully saturated rings. The van der Waals surface area contributed by atoms with Gasteiger partial charge >= 0.3 is 6.09 Å². The Hall–Kier alpha value is -2.67. The molecular formula is C26H31F2N3O2. The Kier molecular flexibility index (Phi) is 6.23. The van der Waals surface area contributed by atoms with Crippen LogP contribution in [-0.4, -0.2) is 48.8 Å². The summed E-state index contributed by atoms with van der Waals surface area (Å²) in [5.41, 5.74) is 2.73. The van der Waals surface area contributed by atoms with Crippen LogP contribution in [0.25, 0.3) is 0 Å². The van der Waals surface area contributed by atoms with E-state index in [0.29, 0.717) is 19.7 Å². The lowest BCUT2D eigenvalue weighted by Crippen LogP contribution is -2.63. The van der Waals surface area contributed by atoms with Gasteiger partial charge in [0.15, 0.2) is 0 Å². The Morgan fingerprint density at radius 2 is 1.85 bits per heavy atom. The van der Waals surface area contributed by atoms with Crippen molar-refractivity contribution in [2.24, 2.45) is 0 Å².